The van der Waals surface area contributed by atoms with Gasteiger partial charge >= 0.3 is 0 Å². The summed E-state index contributed by atoms with van der Waals surface area (Å²) >= 11 is 1.91. The molecule has 0 spiro atoms. The topological polar surface area (TPSA) is 58.3 Å². The van der Waals surface area contributed by atoms with Gasteiger partial charge in [-0.25, -0.2) is 4.98 Å². The molecule has 1 saturated heterocycles. The molecule has 2 N–H and O–H groups in total. The van der Waals surface area contributed by atoms with Crippen molar-refractivity contribution in [2.45, 2.75) is 25.0 Å². The summed E-state index contributed by atoms with van der Waals surface area (Å²) < 4.78 is 5.50. The van der Waals surface area contributed by atoms with Crippen molar-refractivity contribution >= 4 is 11.8 Å². The van der Waals surface area contributed by atoms with Crippen molar-refractivity contribution < 1.29 is 9.52 Å². The lowest BCUT2D eigenvalue weighted by Gasteiger charge is -2.31. The second-order valence-corrected chi connectivity index (χ2v) is 6.68. The molecule has 2 aromatic rings. The molecule has 1 aliphatic heterocycles. The largest absolute Gasteiger partial charge is 0.444 e. The van der Waals surface area contributed by atoms with E-state index >= 15 is 0 Å². The minimum Gasteiger partial charge on any atom is -0.444 e. The Kier molecular flexibility index (Phi) is 4.63. The summed E-state index contributed by atoms with van der Waals surface area (Å²) in [6, 6.07) is 9.86. The fraction of sp³-hybridized carbons (Fsp3) is 0.438. The first-order valence-corrected chi connectivity index (χ1v) is 8.41. The molecule has 5 heteroatoms. The van der Waals surface area contributed by atoms with Gasteiger partial charge in [-0.3, -0.25) is 0 Å². The number of nitrogens with zero attached hydrogens (tertiary/aromatic N) is 1. The summed E-state index contributed by atoms with van der Waals surface area (Å²) in [6.45, 7) is 1.23. The van der Waals surface area contributed by atoms with E-state index in [0.29, 0.717) is 19.0 Å². The number of oxazole rings is 1. The monoisotopic (exact) mass is 304 g/mol. The fourth-order valence-electron chi connectivity index (χ4n) is 2.45. The Hall–Kier alpha value is -1.30. The van der Waals surface area contributed by atoms with E-state index in [4.69, 9.17) is 4.42 Å². The summed E-state index contributed by atoms with van der Waals surface area (Å²) in [5.74, 6) is 2.72. The van der Waals surface area contributed by atoms with E-state index in [2.05, 4.69) is 10.3 Å². The van der Waals surface area contributed by atoms with Crippen molar-refractivity contribution in [1.82, 2.24) is 10.3 Å². The Balaban J connectivity index is 1.53. The van der Waals surface area contributed by atoms with E-state index in [1.54, 1.807) is 6.26 Å². The van der Waals surface area contributed by atoms with Crippen LogP contribution in [0.2, 0.25) is 0 Å². The SMILES string of the molecule is OC1(CNCc2coc(-c3ccccc3)n2)CCSCC1. The third-order valence-electron chi connectivity index (χ3n) is 3.76. The van der Waals surface area contributed by atoms with Crippen LogP contribution in [0.1, 0.15) is 18.5 Å². The molecule has 4 nitrogen and oxygen atoms in total. The lowest BCUT2D eigenvalue weighted by Crippen LogP contribution is -2.43. The first-order chi connectivity index (χ1) is 10.3. The molecule has 112 valence electrons. The van der Waals surface area contributed by atoms with Gasteiger partial charge in [-0.2, -0.15) is 11.8 Å². The van der Waals surface area contributed by atoms with Crippen molar-refractivity contribution in [3.05, 3.63) is 42.3 Å². The van der Waals surface area contributed by atoms with E-state index in [-0.39, 0.29) is 0 Å². The van der Waals surface area contributed by atoms with Crippen molar-refractivity contribution in [2.24, 2.45) is 0 Å². The number of hydrogen-bond acceptors (Lipinski definition) is 5. The zero-order valence-corrected chi connectivity index (χ0v) is 12.7. The maximum Gasteiger partial charge on any atom is 0.226 e. The molecule has 1 aromatic heterocycles. The van der Waals surface area contributed by atoms with Crippen LogP contribution in [0.4, 0.5) is 0 Å². The van der Waals surface area contributed by atoms with Gasteiger partial charge in [0.2, 0.25) is 5.89 Å². The predicted molar refractivity (Wildman–Crippen MR) is 85.2 cm³/mol. The minimum absolute atomic E-state index is 0.558. The average molecular weight is 304 g/mol. The molecule has 21 heavy (non-hydrogen) atoms. The summed E-state index contributed by atoms with van der Waals surface area (Å²) in [4.78, 5) is 4.47. The van der Waals surface area contributed by atoms with Gasteiger partial charge in [0, 0.05) is 18.7 Å². The molecule has 0 atom stereocenters. The van der Waals surface area contributed by atoms with Crippen molar-refractivity contribution in [3.8, 4) is 11.5 Å². The summed E-state index contributed by atoms with van der Waals surface area (Å²) in [5, 5.41) is 13.7. The first-order valence-electron chi connectivity index (χ1n) is 7.26. The van der Waals surface area contributed by atoms with Gasteiger partial charge in [0.15, 0.2) is 0 Å². The summed E-state index contributed by atoms with van der Waals surface area (Å²) in [6.07, 6.45) is 3.40. The molecular weight excluding hydrogens is 284 g/mol. The number of hydrogen-bond donors (Lipinski definition) is 2. The molecule has 0 bridgehead atoms. The van der Waals surface area contributed by atoms with Crippen molar-refractivity contribution in [3.63, 3.8) is 0 Å². The summed E-state index contributed by atoms with van der Waals surface area (Å²) in [7, 11) is 0. The van der Waals surface area contributed by atoms with Gasteiger partial charge in [0.25, 0.3) is 0 Å². The lowest BCUT2D eigenvalue weighted by molar-refractivity contribution is 0.0319. The smallest absolute Gasteiger partial charge is 0.226 e. The van der Waals surface area contributed by atoms with E-state index < -0.39 is 5.60 Å². The lowest BCUT2D eigenvalue weighted by atomic mass is 9.97. The Morgan fingerprint density at radius 2 is 2.00 bits per heavy atom. The second-order valence-electron chi connectivity index (χ2n) is 5.45. The predicted octanol–water partition coefficient (Wildman–Crippen LogP) is 2.69. The Morgan fingerprint density at radius 3 is 2.76 bits per heavy atom. The van der Waals surface area contributed by atoms with Crippen LogP contribution >= 0.6 is 11.8 Å². The third-order valence-corrected chi connectivity index (χ3v) is 4.74. The molecule has 0 aliphatic carbocycles. The quantitative estimate of drug-likeness (QED) is 0.889. The van der Waals surface area contributed by atoms with Crippen LogP contribution in [0, 0.1) is 0 Å². The highest BCUT2D eigenvalue weighted by Crippen LogP contribution is 2.26. The van der Waals surface area contributed by atoms with E-state index in [0.717, 1.165) is 35.6 Å². The molecule has 0 unspecified atom stereocenters. The Morgan fingerprint density at radius 1 is 1.24 bits per heavy atom. The number of nitrogens with one attached hydrogen (secondary N) is 1. The second kappa shape index (κ2) is 6.64. The minimum atomic E-state index is -0.558. The van der Waals surface area contributed by atoms with E-state index in [1.807, 2.05) is 42.1 Å². The zero-order chi connectivity index (χ0) is 14.5. The number of aliphatic hydroxyl groups is 1. The van der Waals surface area contributed by atoms with Crippen molar-refractivity contribution in [2.75, 3.05) is 18.1 Å². The highest BCUT2D eigenvalue weighted by Gasteiger charge is 2.28. The van der Waals surface area contributed by atoms with Crippen LogP contribution in [0.15, 0.2) is 41.0 Å². The molecule has 0 saturated carbocycles. The molecule has 1 aliphatic rings. The molecule has 1 aromatic carbocycles. The average Bonchev–Trinajstić information content (AvgIpc) is 2.98. The highest BCUT2D eigenvalue weighted by molar-refractivity contribution is 7.99. The van der Waals surface area contributed by atoms with Gasteiger partial charge in [-0.05, 0) is 36.5 Å². The normalized spacial score (nSPS) is 17.8. The van der Waals surface area contributed by atoms with Crippen LogP contribution in [0.25, 0.3) is 11.5 Å². The van der Waals surface area contributed by atoms with Gasteiger partial charge in [0.05, 0.1) is 11.3 Å². The van der Waals surface area contributed by atoms with Crippen LogP contribution in [-0.4, -0.2) is 33.7 Å². The van der Waals surface area contributed by atoms with Crippen LogP contribution in [0.3, 0.4) is 0 Å². The van der Waals surface area contributed by atoms with E-state index in [9.17, 15) is 5.11 Å². The van der Waals surface area contributed by atoms with Crippen LogP contribution < -0.4 is 5.32 Å². The molecule has 0 amide bonds. The number of benzene rings is 1. The molecule has 2 heterocycles. The van der Waals surface area contributed by atoms with Gasteiger partial charge in [-0.1, -0.05) is 18.2 Å². The molecular formula is C16H20N2O2S. The number of rotatable bonds is 5. The number of aromatic nitrogens is 1. The highest BCUT2D eigenvalue weighted by atomic mass is 32.2. The maximum absolute atomic E-state index is 10.4. The van der Waals surface area contributed by atoms with Crippen LogP contribution in [0.5, 0.6) is 0 Å². The molecule has 1 fully saturated rings. The molecule has 0 radical (unpaired) electrons. The maximum atomic E-state index is 10.4. The first kappa shape index (κ1) is 14.6. The fourth-order valence-corrected chi connectivity index (χ4v) is 3.71. The van der Waals surface area contributed by atoms with Gasteiger partial charge < -0.3 is 14.8 Å². The van der Waals surface area contributed by atoms with Crippen molar-refractivity contribution in [1.29, 1.82) is 0 Å². The zero-order valence-electron chi connectivity index (χ0n) is 11.9. The van der Waals surface area contributed by atoms with Crippen LogP contribution in [-0.2, 0) is 6.54 Å². The van der Waals surface area contributed by atoms with Gasteiger partial charge in [-0.15, -0.1) is 0 Å². The standard InChI is InChI=1S/C16H20N2O2S/c19-16(6-8-21-9-7-16)12-17-10-14-11-20-15(18-14)13-4-2-1-3-5-13/h1-5,11,17,19H,6-10,12H2. The molecule has 3 rings (SSSR count). The summed E-state index contributed by atoms with van der Waals surface area (Å²) in [5.41, 5.74) is 1.28. The van der Waals surface area contributed by atoms with E-state index in [1.165, 1.54) is 0 Å². The Bertz CT molecular complexity index is 565. The third kappa shape index (κ3) is 3.87. The van der Waals surface area contributed by atoms with Gasteiger partial charge in [0.1, 0.15) is 6.26 Å². The number of thioether (sulfide) groups is 1. The Labute approximate surface area is 129 Å².